The molecule has 0 aliphatic carbocycles. The van der Waals surface area contributed by atoms with Crippen LogP contribution in [0.4, 0.5) is 5.69 Å². The highest BCUT2D eigenvalue weighted by atomic mass is 32.1. The highest BCUT2D eigenvalue weighted by molar-refractivity contribution is 7.80. The molecule has 0 radical (unpaired) electrons. The van der Waals surface area contributed by atoms with Crippen LogP contribution in [-0.2, 0) is 0 Å². The number of hydrogen-bond acceptors (Lipinski definition) is 5. The summed E-state index contributed by atoms with van der Waals surface area (Å²) < 4.78 is 0. The maximum Gasteiger partial charge on any atom is 0.113 e. The van der Waals surface area contributed by atoms with Crippen LogP contribution >= 0.6 is 12.6 Å². The van der Waals surface area contributed by atoms with Gasteiger partial charge in [0.05, 0.1) is 11.3 Å². The zero-order valence-corrected chi connectivity index (χ0v) is 6.84. The average molecular weight is 176 g/mol. The van der Waals surface area contributed by atoms with Crippen molar-refractivity contribution in [3.63, 3.8) is 0 Å². The van der Waals surface area contributed by atoms with Crippen molar-refractivity contribution in [2.75, 3.05) is 5.73 Å². The molecule has 2 N–H and O–H groups in total. The minimum atomic E-state index is 0.139. The zero-order valence-electron chi connectivity index (χ0n) is 5.94. The van der Waals surface area contributed by atoms with Gasteiger partial charge >= 0.3 is 0 Å². The Morgan fingerprint density at radius 2 is 2.08 bits per heavy atom. The van der Waals surface area contributed by atoms with Gasteiger partial charge in [-0.1, -0.05) is 0 Å². The van der Waals surface area contributed by atoms with Crippen LogP contribution in [0.2, 0.25) is 0 Å². The Balaban J connectivity index is 3.50. The van der Waals surface area contributed by atoms with Crippen molar-refractivity contribution in [1.82, 2.24) is 4.98 Å². The van der Waals surface area contributed by atoms with E-state index in [0.717, 1.165) is 0 Å². The number of rotatable bonds is 0. The smallest absolute Gasteiger partial charge is 0.113 e. The first-order chi connectivity index (χ1) is 5.70. The third kappa shape index (κ3) is 1.18. The summed E-state index contributed by atoms with van der Waals surface area (Å²) in [6.45, 7) is 0. The van der Waals surface area contributed by atoms with Crippen LogP contribution in [0, 0.1) is 22.7 Å². The Kier molecular flexibility index (Phi) is 2.18. The highest BCUT2D eigenvalue weighted by Gasteiger charge is 2.08. The molecule has 1 rings (SSSR count). The third-order valence-corrected chi connectivity index (χ3v) is 1.67. The average Bonchev–Trinajstić information content (AvgIpc) is 2.06. The van der Waals surface area contributed by atoms with Gasteiger partial charge in [-0.3, -0.25) is 0 Å². The topological polar surface area (TPSA) is 86.5 Å². The van der Waals surface area contributed by atoms with E-state index in [4.69, 9.17) is 16.3 Å². The van der Waals surface area contributed by atoms with Crippen molar-refractivity contribution in [3.8, 4) is 12.1 Å². The molecule has 4 nitrogen and oxygen atoms in total. The molecule has 0 atom stereocenters. The minimum absolute atomic E-state index is 0.139. The third-order valence-electron chi connectivity index (χ3n) is 1.33. The van der Waals surface area contributed by atoms with Gasteiger partial charge in [0.1, 0.15) is 22.7 Å². The maximum atomic E-state index is 8.59. The van der Waals surface area contributed by atoms with E-state index in [1.54, 1.807) is 0 Å². The van der Waals surface area contributed by atoms with Crippen LogP contribution in [0.1, 0.15) is 11.1 Å². The van der Waals surface area contributed by atoms with Gasteiger partial charge in [-0.2, -0.15) is 10.5 Å². The van der Waals surface area contributed by atoms with Gasteiger partial charge in [-0.05, 0) is 0 Å². The number of hydrogen-bond donors (Lipinski definition) is 2. The van der Waals surface area contributed by atoms with Crippen LogP contribution in [0.5, 0.6) is 0 Å². The molecule has 0 saturated carbocycles. The van der Waals surface area contributed by atoms with Crippen molar-refractivity contribution in [2.24, 2.45) is 0 Å². The molecule has 0 amide bonds. The molecule has 1 aromatic heterocycles. The first-order valence-corrected chi connectivity index (χ1v) is 3.43. The summed E-state index contributed by atoms with van der Waals surface area (Å²) in [6, 6.07) is 3.65. The predicted molar refractivity (Wildman–Crippen MR) is 45.3 cm³/mol. The molecule has 1 heterocycles. The highest BCUT2D eigenvalue weighted by Crippen LogP contribution is 2.20. The number of nitriles is 2. The SMILES string of the molecule is N#Cc1cnc(S)c(C#N)c1N. The zero-order chi connectivity index (χ0) is 9.14. The van der Waals surface area contributed by atoms with Crippen LogP contribution in [0.3, 0.4) is 0 Å². The number of pyridine rings is 1. The van der Waals surface area contributed by atoms with E-state index < -0.39 is 0 Å². The van der Waals surface area contributed by atoms with E-state index in [-0.39, 0.29) is 21.8 Å². The summed E-state index contributed by atoms with van der Waals surface area (Å²) >= 11 is 3.91. The lowest BCUT2D eigenvalue weighted by Gasteiger charge is -2.00. The second-order valence-electron chi connectivity index (χ2n) is 2.01. The molecule has 0 spiro atoms. The van der Waals surface area contributed by atoms with Crippen LogP contribution in [0.25, 0.3) is 0 Å². The Bertz CT molecular complexity index is 399. The number of aromatic nitrogens is 1. The Hall–Kier alpha value is -1.72. The molecule has 0 bridgehead atoms. The van der Waals surface area contributed by atoms with Crippen molar-refractivity contribution in [3.05, 3.63) is 17.3 Å². The van der Waals surface area contributed by atoms with E-state index >= 15 is 0 Å². The number of anilines is 1. The molecule has 0 fully saturated rings. The summed E-state index contributed by atoms with van der Waals surface area (Å²) in [7, 11) is 0. The van der Waals surface area contributed by atoms with E-state index in [0.29, 0.717) is 0 Å². The minimum Gasteiger partial charge on any atom is -0.396 e. The van der Waals surface area contributed by atoms with Gasteiger partial charge in [0.25, 0.3) is 0 Å². The van der Waals surface area contributed by atoms with Gasteiger partial charge in [-0.15, -0.1) is 12.6 Å². The van der Waals surface area contributed by atoms with Gasteiger partial charge in [0.2, 0.25) is 0 Å². The summed E-state index contributed by atoms with van der Waals surface area (Å²) in [5.74, 6) is 0. The molecular weight excluding hydrogens is 172 g/mol. The fourth-order valence-corrected chi connectivity index (χ4v) is 0.942. The summed E-state index contributed by atoms with van der Waals surface area (Å²) in [4.78, 5) is 3.72. The summed E-state index contributed by atoms with van der Waals surface area (Å²) in [5, 5.41) is 17.4. The van der Waals surface area contributed by atoms with Gasteiger partial charge in [0, 0.05) is 6.20 Å². The fourth-order valence-electron chi connectivity index (χ4n) is 0.714. The molecule has 58 valence electrons. The van der Waals surface area contributed by atoms with Gasteiger partial charge < -0.3 is 5.73 Å². The van der Waals surface area contributed by atoms with E-state index in [9.17, 15) is 0 Å². The van der Waals surface area contributed by atoms with E-state index in [1.807, 2.05) is 12.1 Å². The molecule has 0 aromatic carbocycles. The maximum absolute atomic E-state index is 8.59. The predicted octanol–water partition coefficient (Wildman–Crippen LogP) is 0.696. The molecule has 5 heteroatoms. The quantitative estimate of drug-likeness (QED) is 0.569. The lowest BCUT2D eigenvalue weighted by Crippen LogP contribution is -1.97. The van der Waals surface area contributed by atoms with Crippen LogP contribution < -0.4 is 5.73 Å². The normalized spacial score (nSPS) is 8.58. The van der Waals surface area contributed by atoms with Crippen molar-refractivity contribution < 1.29 is 0 Å². The second kappa shape index (κ2) is 3.12. The molecule has 1 aromatic rings. The van der Waals surface area contributed by atoms with Crippen LogP contribution in [-0.4, -0.2) is 4.98 Å². The Morgan fingerprint density at radius 3 is 2.58 bits per heavy atom. The first-order valence-electron chi connectivity index (χ1n) is 2.98. The Morgan fingerprint density at radius 1 is 1.42 bits per heavy atom. The monoisotopic (exact) mass is 176 g/mol. The summed E-state index contributed by atoms with van der Waals surface area (Å²) in [6.07, 6.45) is 1.29. The number of nitrogens with two attached hydrogens (primary N) is 1. The largest absolute Gasteiger partial charge is 0.396 e. The second-order valence-corrected chi connectivity index (χ2v) is 2.43. The van der Waals surface area contributed by atoms with Gasteiger partial charge in [0.15, 0.2) is 0 Å². The van der Waals surface area contributed by atoms with Crippen molar-refractivity contribution in [2.45, 2.75) is 5.03 Å². The van der Waals surface area contributed by atoms with E-state index in [2.05, 4.69) is 17.6 Å². The standard InChI is InChI=1S/C7H4N4S/c8-1-4-3-11-7(12)5(2-9)6(4)10/h3H,(H3,10,11,12). The molecule has 0 aliphatic heterocycles. The molecular formula is C7H4N4S. The number of nitrogen functional groups attached to an aromatic ring is 1. The molecule has 0 aliphatic rings. The lowest BCUT2D eigenvalue weighted by molar-refractivity contribution is 1.11. The first kappa shape index (κ1) is 8.38. The van der Waals surface area contributed by atoms with Crippen molar-refractivity contribution >= 4 is 18.3 Å². The fraction of sp³-hybridized carbons (Fsp3) is 0. The Labute approximate surface area is 74.7 Å². The molecule has 0 unspecified atom stereocenters. The lowest BCUT2D eigenvalue weighted by atomic mass is 10.2. The van der Waals surface area contributed by atoms with Gasteiger partial charge in [-0.25, -0.2) is 4.98 Å². The number of nitrogens with zero attached hydrogens (tertiary/aromatic N) is 3. The summed E-state index contributed by atoms with van der Waals surface area (Å²) in [5.41, 5.74) is 5.96. The molecule has 12 heavy (non-hydrogen) atoms. The van der Waals surface area contributed by atoms with Crippen LogP contribution in [0.15, 0.2) is 11.2 Å². The van der Waals surface area contributed by atoms with E-state index in [1.165, 1.54) is 6.20 Å². The molecule has 0 saturated heterocycles. The van der Waals surface area contributed by atoms with Crippen molar-refractivity contribution in [1.29, 1.82) is 10.5 Å². The number of thiol groups is 1.